The summed E-state index contributed by atoms with van der Waals surface area (Å²) in [5, 5.41) is 21.4. The Hall–Kier alpha value is -4.21. The average Bonchev–Trinajstić information content (AvgIpc) is 3.05. The van der Waals surface area contributed by atoms with Crippen molar-refractivity contribution in [3.05, 3.63) is 83.9 Å². The number of aryl methyl sites for hydroxylation is 1. The van der Waals surface area contributed by atoms with E-state index in [2.05, 4.69) is 25.8 Å². The van der Waals surface area contributed by atoms with E-state index in [0.717, 1.165) is 63.0 Å². The summed E-state index contributed by atoms with van der Waals surface area (Å²) in [5.74, 6) is 1.26. The normalized spacial score (nSPS) is 16.0. The van der Waals surface area contributed by atoms with Crippen LogP contribution in [0.1, 0.15) is 46.1 Å². The first-order valence-electron chi connectivity index (χ1n) is 15.6. The fraction of sp³-hybridized carbons (Fsp3) is 0.364. The molecule has 6 rings (SSSR count). The second-order valence-corrected chi connectivity index (χ2v) is 13.5. The van der Waals surface area contributed by atoms with E-state index in [1.807, 2.05) is 37.3 Å². The van der Waals surface area contributed by atoms with Crippen LogP contribution in [0.5, 0.6) is 5.75 Å². The maximum absolute atomic E-state index is 13.9. The summed E-state index contributed by atoms with van der Waals surface area (Å²) in [4.78, 5) is 16.5. The summed E-state index contributed by atoms with van der Waals surface area (Å²) in [7, 11) is -4.00. The predicted molar refractivity (Wildman–Crippen MR) is 199 cm³/mol. The molecule has 48 heavy (non-hydrogen) atoms. The van der Waals surface area contributed by atoms with E-state index < -0.39 is 10.0 Å². The van der Waals surface area contributed by atoms with Gasteiger partial charge in [-0.25, -0.2) is 8.42 Å². The summed E-state index contributed by atoms with van der Waals surface area (Å²) in [6.45, 7) is 5.58. The van der Waals surface area contributed by atoms with Crippen molar-refractivity contribution in [2.75, 3.05) is 46.0 Å². The summed E-state index contributed by atoms with van der Waals surface area (Å²) >= 11 is 0. The van der Waals surface area contributed by atoms with Crippen molar-refractivity contribution in [1.29, 1.82) is 0 Å². The van der Waals surface area contributed by atoms with Gasteiger partial charge in [0.15, 0.2) is 0 Å². The first kappa shape index (κ1) is 38.2. The summed E-state index contributed by atoms with van der Waals surface area (Å²) in [5.41, 5.74) is 2.43. The molecule has 2 saturated heterocycles. The van der Waals surface area contributed by atoms with Crippen molar-refractivity contribution >= 4 is 51.7 Å². The van der Waals surface area contributed by atoms with Crippen LogP contribution in [0, 0.1) is 6.92 Å². The molecule has 2 aliphatic rings. The zero-order valence-corrected chi connectivity index (χ0v) is 28.9. The van der Waals surface area contributed by atoms with Crippen LogP contribution < -0.4 is 37.5 Å². The van der Waals surface area contributed by atoms with Gasteiger partial charge in [0.25, 0.3) is 10.0 Å². The number of rotatable bonds is 10. The summed E-state index contributed by atoms with van der Waals surface area (Å²) in [6, 6.07) is 21.1. The predicted octanol–water partition coefficient (Wildman–Crippen LogP) is 6.42. The van der Waals surface area contributed by atoms with Crippen LogP contribution in [-0.4, -0.2) is 60.7 Å². The Bertz CT molecular complexity index is 1720. The highest BCUT2D eigenvalue weighted by atomic mass is 35.5. The number of phenolic OH excluding ortho intramolecular Hbond substituents is 1. The number of aromatic hydroxyl groups is 1. The number of anilines is 5. The highest BCUT2D eigenvalue weighted by molar-refractivity contribution is 7.92. The molecule has 4 aromatic rings. The smallest absolute Gasteiger partial charge is 0.264 e. The van der Waals surface area contributed by atoms with Crippen molar-refractivity contribution in [2.24, 2.45) is 0 Å². The molecule has 0 bridgehead atoms. The van der Waals surface area contributed by atoms with Gasteiger partial charge in [-0.2, -0.15) is 15.0 Å². The van der Waals surface area contributed by atoms with Gasteiger partial charge in [-0.3, -0.25) is 4.31 Å². The molecule has 2 fully saturated rings. The van der Waals surface area contributed by atoms with E-state index in [1.165, 1.54) is 16.8 Å². The summed E-state index contributed by atoms with van der Waals surface area (Å²) < 4.78 is 29.1. The van der Waals surface area contributed by atoms with E-state index >= 15 is 0 Å². The van der Waals surface area contributed by atoms with E-state index in [0.29, 0.717) is 23.5 Å². The van der Waals surface area contributed by atoms with Crippen LogP contribution in [-0.2, 0) is 16.6 Å². The lowest BCUT2D eigenvalue weighted by atomic mass is 10.1. The van der Waals surface area contributed by atoms with Crippen molar-refractivity contribution < 1.29 is 16.4 Å². The third-order valence-corrected chi connectivity index (χ3v) is 9.94. The van der Waals surface area contributed by atoms with Gasteiger partial charge in [-0.15, -0.1) is 12.4 Å². The molecule has 1 unspecified atom stereocenters. The number of hydrogen-bond acceptors (Lipinski definition) is 12. The molecule has 0 spiro atoms. The first-order chi connectivity index (χ1) is 21.8. The van der Waals surface area contributed by atoms with Gasteiger partial charge in [0.2, 0.25) is 17.8 Å². The number of nitrogens with one attached hydrogen (secondary N) is 3. The molecule has 15 heteroatoms. The number of aromatic nitrogens is 3. The number of sulfonamides is 1. The Balaban J connectivity index is 0.00000250. The zero-order valence-electron chi connectivity index (χ0n) is 27.3. The van der Waals surface area contributed by atoms with Gasteiger partial charge in [0.05, 0.1) is 17.1 Å². The van der Waals surface area contributed by atoms with E-state index in [4.69, 9.17) is 9.97 Å². The maximum atomic E-state index is 13.9. The van der Waals surface area contributed by atoms with Gasteiger partial charge >= 0.3 is 0 Å². The first-order valence-corrected chi connectivity index (χ1v) is 17.0. The molecule has 1 aromatic heterocycles. The Morgan fingerprint density at radius 2 is 1.65 bits per heavy atom. The van der Waals surface area contributed by atoms with E-state index in [-0.39, 0.29) is 56.5 Å². The molecule has 0 saturated carbocycles. The average molecular weight is 703 g/mol. The molecular formula is C33H51ClN10O3S. The van der Waals surface area contributed by atoms with Crippen molar-refractivity contribution in [2.45, 2.75) is 56.5 Å². The molecule has 10 N–H and O–H groups in total. The molecule has 2 aliphatic heterocycles. The zero-order chi connectivity index (χ0) is 31.2. The molecule has 3 aromatic carbocycles. The van der Waals surface area contributed by atoms with Crippen molar-refractivity contribution in [3.63, 3.8) is 0 Å². The SMILES string of the molecule is Cc1ccc(S(=O)(=O)N(Cc2ccccc2)c2ccc(Nc3nc(NC4CCCNC4)nc(N4CCCCC4)n3)cc2O)cc1.Cl.N.N.[HH].[HH]. The highest BCUT2D eigenvalue weighted by Crippen LogP contribution is 2.36. The minimum absolute atomic E-state index is 0. The van der Waals surface area contributed by atoms with Gasteiger partial charge in [-0.1, -0.05) is 48.0 Å². The summed E-state index contributed by atoms with van der Waals surface area (Å²) in [6.07, 6.45) is 5.48. The molecule has 13 nitrogen and oxygen atoms in total. The second kappa shape index (κ2) is 17.3. The number of piperidine rings is 2. The highest BCUT2D eigenvalue weighted by Gasteiger charge is 2.28. The van der Waals surface area contributed by atoms with Crippen LogP contribution in [0.3, 0.4) is 0 Å². The number of phenols is 1. The lowest BCUT2D eigenvalue weighted by molar-refractivity contribution is 0.475. The van der Waals surface area contributed by atoms with Crippen LogP contribution in [0.25, 0.3) is 0 Å². The third-order valence-electron chi connectivity index (χ3n) is 8.17. The fourth-order valence-corrected chi connectivity index (χ4v) is 7.17. The van der Waals surface area contributed by atoms with Crippen LogP contribution in [0.15, 0.2) is 77.7 Å². The molecule has 1 atom stereocenters. The minimum Gasteiger partial charge on any atom is -0.506 e. The molecule has 264 valence electrons. The van der Waals surface area contributed by atoms with Crippen LogP contribution in [0.4, 0.5) is 29.2 Å². The monoisotopic (exact) mass is 702 g/mol. The lowest BCUT2D eigenvalue weighted by Crippen LogP contribution is -2.39. The molecule has 0 radical (unpaired) electrons. The lowest BCUT2D eigenvalue weighted by Gasteiger charge is -2.28. The number of benzene rings is 3. The van der Waals surface area contributed by atoms with Gasteiger partial charge in [-0.05, 0) is 75.4 Å². The quantitative estimate of drug-likeness (QED) is 0.106. The minimum atomic E-state index is -4.00. The molecule has 0 amide bonds. The van der Waals surface area contributed by atoms with Gasteiger partial charge in [0, 0.05) is 40.3 Å². The van der Waals surface area contributed by atoms with Gasteiger partial charge in [0.1, 0.15) is 5.75 Å². The second-order valence-electron chi connectivity index (χ2n) is 11.7. The number of hydrogen-bond donors (Lipinski definition) is 6. The number of halogens is 1. The van der Waals surface area contributed by atoms with E-state index in [9.17, 15) is 13.5 Å². The largest absolute Gasteiger partial charge is 0.506 e. The van der Waals surface area contributed by atoms with Crippen LogP contribution in [0.2, 0.25) is 0 Å². The standard InChI is InChI=1S/C33H40N8O3S.ClH.2H3N.2H2/c1-24-12-15-28(16-13-24)45(43,44)41(23-25-9-4-2-5-10-25)29-17-14-26(21-30(29)42)35-31-37-32(36-27-11-8-18-34-22-27)39-33(38-31)40-19-6-3-7-20-40;;;;;/h2,4-5,9-10,12-17,21,27,34,42H,3,6-8,11,18-20,22-23H2,1H3,(H2,35,36,37,38,39);1H;2*1H3;2*1H. The molecule has 3 heterocycles. The van der Waals surface area contributed by atoms with Gasteiger partial charge < -0.3 is 38.3 Å². The Labute approximate surface area is 292 Å². The Morgan fingerprint density at radius 3 is 2.31 bits per heavy atom. The Kier molecular flexibility index (Phi) is 13.8. The molecular weight excluding hydrogens is 652 g/mol. The van der Waals surface area contributed by atoms with Crippen molar-refractivity contribution in [1.82, 2.24) is 32.6 Å². The fourth-order valence-electron chi connectivity index (χ4n) is 5.71. The maximum Gasteiger partial charge on any atom is 0.264 e. The topological polar surface area (TPSA) is 206 Å². The van der Waals surface area contributed by atoms with Crippen LogP contribution >= 0.6 is 12.4 Å². The Morgan fingerprint density at radius 1 is 0.938 bits per heavy atom. The molecule has 0 aliphatic carbocycles. The van der Waals surface area contributed by atoms with Crippen molar-refractivity contribution in [3.8, 4) is 5.75 Å². The third kappa shape index (κ3) is 9.23. The number of nitrogens with zero attached hydrogens (tertiary/aromatic N) is 5. The van der Waals surface area contributed by atoms with E-state index in [1.54, 1.807) is 36.4 Å².